The van der Waals surface area contributed by atoms with E-state index in [1.807, 2.05) is 0 Å². The first-order valence-electron chi connectivity index (χ1n) is 7.86. The molecule has 1 heterocycles. The summed E-state index contributed by atoms with van der Waals surface area (Å²) in [5.41, 5.74) is -2.12. The van der Waals surface area contributed by atoms with Gasteiger partial charge >= 0.3 is 5.69 Å². The van der Waals surface area contributed by atoms with Gasteiger partial charge in [-0.3, -0.25) is 14.9 Å². The number of nitrogens with zero attached hydrogens (tertiary/aromatic N) is 3. The number of nitro benzene ring substituents is 1. The number of aromatic nitrogens is 1. The van der Waals surface area contributed by atoms with Gasteiger partial charge in [0.2, 0.25) is 10.0 Å². The normalized spacial score (nSPS) is 12.6. The van der Waals surface area contributed by atoms with Crippen LogP contribution in [0.1, 0.15) is 32.1 Å². The average molecular weight is 418 g/mol. The second-order valence-corrected chi connectivity index (χ2v) is 9.44. The van der Waals surface area contributed by atoms with Crippen molar-refractivity contribution in [2.24, 2.45) is 0 Å². The van der Waals surface area contributed by atoms with Gasteiger partial charge in [0.05, 0.1) is 16.4 Å². The molecule has 11 heteroatoms. The first-order valence-corrected chi connectivity index (χ1v) is 9.83. The molecule has 148 valence electrons. The zero-order chi connectivity index (χ0) is 20.7. The van der Waals surface area contributed by atoms with Crippen molar-refractivity contribution >= 4 is 27.3 Å². The number of nitro groups is 1. The van der Waals surface area contributed by atoms with E-state index in [4.69, 9.17) is 16.1 Å². The lowest BCUT2D eigenvalue weighted by molar-refractivity contribution is -0.387. The smallest absolute Gasteiger partial charge is 0.316 e. The van der Waals surface area contributed by atoms with E-state index >= 15 is 0 Å². The van der Waals surface area contributed by atoms with Crippen molar-refractivity contribution in [2.75, 3.05) is 14.1 Å². The van der Waals surface area contributed by atoms with Gasteiger partial charge in [0.25, 0.3) is 5.56 Å². The van der Waals surface area contributed by atoms with Crippen LogP contribution in [0.5, 0.6) is 0 Å². The van der Waals surface area contributed by atoms with E-state index in [0.717, 1.165) is 15.1 Å². The first kappa shape index (κ1) is 21.1. The molecule has 0 radical (unpaired) electrons. The van der Waals surface area contributed by atoms with Crippen LogP contribution in [0.2, 0.25) is 0 Å². The number of para-hydroxylation sites is 1. The maximum absolute atomic E-state index is 12.7. The van der Waals surface area contributed by atoms with E-state index in [2.05, 4.69) is 0 Å². The molecule has 9 nitrogen and oxygen atoms in total. The maximum Gasteiger partial charge on any atom is 0.316 e. The highest BCUT2D eigenvalue weighted by atomic mass is 35.5. The van der Waals surface area contributed by atoms with Crippen molar-refractivity contribution in [2.45, 2.75) is 37.0 Å². The van der Waals surface area contributed by atoms with Gasteiger partial charge in [-0.15, -0.1) is 16.3 Å². The molecule has 0 aliphatic rings. The monoisotopic (exact) mass is 417 g/mol. The molecule has 0 N–H and O–H groups in total. The number of halogens is 1. The Morgan fingerprint density at radius 3 is 2.30 bits per heavy atom. The molecule has 0 saturated carbocycles. The van der Waals surface area contributed by atoms with Crippen LogP contribution in [0.25, 0.3) is 5.69 Å². The molecular formula is C16H20ClN3O6S. The zero-order valence-electron chi connectivity index (χ0n) is 15.5. The van der Waals surface area contributed by atoms with Crippen LogP contribution in [0, 0.1) is 10.1 Å². The van der Waals surface area contributed by atoms with Crippen LogP contribution in [-0.4, -0.2) is 36.5 Å². The van der Waals surface area contributed by atoms with Crippen LogP contribution in [0.4, 0.5) is 5.69 Å². The van der Waals surface area contributed by atoms with Crippen LogP contribution in [0.15, 0.2) is 32.4 Å². The quantitative estimate of drug-likeness (QED) is 0.419. The van der Waals surface area contributed by atoms with Crippen molar-refractivity contribution in [1.29, 1.82) is 0 Å². The number of hydrogen-bond acceptors (Lipinski definition) is 6. The van der Waals surface area contributed by atoms with Crippen LogP contribution >= 0.6 is 11.6 Å². The minimum atomic E-state index is -4.12. The van der Waals surface area contributed by atoms with Crippen LogP contribution < -0.4 is 5.56 Å². The molecule has 2 aromatic rings. The van der Waals surface area contributed by atoms with Gasteiger partial charge in [0.15, 0.2) is 10.6 Å². The molecule has 0 aliphatic heterocycles. The Kier molecular flexibility index (Phi) is 5.56. The molecule has 1 aromatic heterocycles. The third kappa shape index (κ3) is 3.64. The number of benzene rings is 1. The molecule has 0 unspecified atom stereocenters. The lowest BCUT2D eigenvalue weighted by atomic mass is 9.91. The highest BCUT2D eigenvalue weighted by Gasteiger charge is 2.34. The van der Waals surface area contributed by atoms with Gasteiger partial charge in [0.1, 0.15) is 5.76 Å². The Balaban J connectivity index is 2.92. The fraction of sp³-hybridized carbons (Fsp3) is 0.438. The van der Waals surface area contributed by atoms with Gasteiger partial charge in [-0.2, -0.15) is 0 Å². The topological polar surface area (TPSA) is 116 Å². The van der Waals surface area contributed by atoms with Crippen molar-refractivity contribution in [3.05, 3.63) is 50.0 Å². The van der Waals surface area contributed by atoms with Gasteiger partial charge in [-0.1, -0.05) is 26.8 Å². The summed E-state index contributed by atoms with van der Waals surface area (Å²) in [6.07, 6.45) is 0. The van der Waals surface area contributed by atoms with Gasteiger partial charge in [-0.25, -0.2) is 12.7 Å². The SMILES string of the molecule is CN(C)S(=O)(=O)c1cccc(-n2oc(C(C)(C)C)c(CCl)c2=O)c1[N+](=O)[O-]. The second-order valence-electron chi connectivity index (χ2n) is 7.05. The summed E-state index contributed by atoms with van der Waals surface area (Å²) in [6.45, 7) is 5.40. The highest BCUT2D eigenvalue weighted by molar-refractivity contribution is 7.89. The fourth-order valence-electron chi connectivity index (χ4n) is 2.54. The number of rotatable bonds is 5. The Hall–Kier alpha value is -2.17. The molecule has 2 rings (SSSR count). The van der Waals surface area contributed by atoms with E-state index in [0.29, 0.717) is 0 Å². The van der Waals surface area contributed by atoms with E-state index < -0.39 is 36.5 Å². The van der Waals surface area contributed by atoms with Crippen molar-refractivity contribution in [1.82, 2.24) is 9.05 Å². The fourth-order valence-corrected chi connectivity index (χ4v) is 3.84. The maximum atomic E-state index is 12.7. The number of sulfonamides is 1. The minimum Gasteiger partial charge on any atom is -0.375 e. The third-order valence-electron chi connectivity index (χ3n) is 3.85. The summed E-state index contributed by atoms with van der Waals surface area (Å²) in [4.78, 5) is 23.0. The summed E-state index contributed by atoms with van der Waals surface area (Å²) >= 11 is 5.88. The molecule has 0 saturated heterocycles. The molecule has 0 spiro atoms. The minimum absolute atomic E-state index is 0.147. The predicted octanol–water partition coefficient (Wildman–Crippen LogP) is 2.63. The van der Waals surface area contributed by atoms with Crippen LogP contribution in [0.3, 0.4) is 0 Å². The summed E-state index contributed by atoms with van der Waals surface area (Å²) < 4.78 is 32.2. The van der Waals surface area contributed by atoms with Crippen molar-refractivity contribution in [3.63, 3.8) is 0 Å². The molecule has 0 bridgehead atoms. The number of hydrogen-bond donors (Lipinski definition) is 0. The summed E-state index contributed by atoms with van der Waals surface area (Å²) in [7, 11) is -1.61. The Morgan fingerprint density at radius 2 is 1.89 bits per heavy atom. The van der Waals surface area contributed by atoms with Crippen LogP contribution in [-0.2, 0) is 21.3 Å². The largest absolute Gasteiger partial charge is 0.375 e. The third-order valence-corrected chi connectivity index (χ3v) is 5.97. The standard InChI is InChI=1S/C16H20ClN3O6S/c1-16(2,3)14-10(9-17)15(21)19(26-14)11-7-6-8-12(13(11)20(22)23)27(24,25)18(4)5/h6-8H,9H2,1-5H3. The molecule has 1 aromatic carbocycles. The van der Waals surface area contributed by atoms with E-state index in [-0.39, 0.29) is 22.9 Å². The number of alkyl halides is 1. The summed E-state index contributed by atoms with van der Waals surface area (Å²) in [5.74, 6) is 0.128. The highest BCUT2D eigenvalue weighted by Crippen LogP contribution is 2.33. The molecule has 0 aliphatic carbocycles. The molecule has 0 fully saturated rings. The zero-order valence-corrected chi connectivity index (χ0v) is 17.1. The van der Waals surface area contributed by atoms with E-state index in [9.17, 15) is 23.3 Å². The predicted molar refractivity (Wildman–Crippen MR) is 100 cm³/mol. The van der Waals surface area contributed by atoms with E-state index in [1.165, 1.54) is 26.2 Å². The van der Waals surface area contributed by atoms with Crippen molar-refractivity contribution in [3.8, 4) is 5.69 Å². The lowest BCUT2D eigenvalue weighted by Gasteiger charge is -2.15. The Labute approximate surface area is 161 Å². The summed E-state index contributed by atoms with van der Waals surface area (Å²) in [5, 5.41) is 11.7. The van der Waals surface area contributed by atoms with Crippen molar-refractivity contribution < 1.29 is 17.9 Å². The molecule has 27 heavy (non-hydrogen) atoms. The average Bonchev–Trinajstić information content (AvgIpc) is 2.90. The van der Waals surface area contributed by atoms with E-state index in [1.54, 1.807) is 20.8 Å². The van der Waals surface area contributed by atoms with Gasteiger partial charge in [-0.05, 0) is 12.1 Å². The second kappa shape index (κ2) is 7.10. The van der Waals surface area contributed by atoms with Gasteiger partial charge in [0, 0.05) is 19.5 Å². The molecule has 0 atom stereocenters. The molecule has 0 amide bonds. The lowest BCUT2D eigenvalue weighted by Crippen LogP contribution is -2.24. The Morgan fingerprint density at radius 1 is 1.30 bits per heavy atom. The first-order chi connectivity index (χ1) is 12.3. The Bertz CT molecular complexity index is 1050. The molecular weight excluding hydrogens is 398 g/mol. The summed E-state index contributed by atoms with van der Waals surface area (Å²) in [6, 6.07) is 3.67. The van der Waals surface area contributed by atoms with Gasteiger partial charge < -0.3 is 4.52 Å².